The molecule has 0 heterocycles. The van der Waals surface area contributed by atoms with E-state index in [9.17, 15) is 4.79 Å². The maximum absolute atomic E-state index is 10.4. The number of carbonyl (C=O) groups is 1. The topological polar surface area (TPSA) is 20.3 Å². The van der Waals surface area contributed by atoms with Crippen LogP contribution in [0.5, 0.6) is 0 Å². The van der Waals surface area contributed by atoms with E-state index in [0.29, 0.717) is 5.92 Å². The molecule has 0 aromatic carbocycles. The van der Waals surface area contributed by atoms with E-state index in [4.69, 9.17) is 0 Å². The van der Waals surface area contributed by atoms with Crippen LogP contribution in [0.25, 0.3) is 0 Å². The van der Waals surface area contributed by atoms with Gasteiger partial charge in [0.25, 0.3) is 0 Å². The van der Waals surface area contributed by atoms with Gasteiger partial charge in [-0.15, -0.1) is 0 Å². The highest BCUT2D eigenvalue weighted by molar-refractivity contribution is 5.48. The smallest absolute Gasteiger partial charge is 0.209 e. The molecule has 0 saturated heterocycles. The summed E-state index contributed by atoms with van der Waals surface area (Å²) >= 11 is 0. The summed E-state index contributed by atoms with van der Waals surface area (Å²) in [5, 5.41) is 0. The van der Waals surface area contributed by atoms with Crippen molar-refractivity contribution in [1.29, 1.82) is 0 Å². The Bertz CT molecular complexity index is 118. The van der Waals surface area contributed by atoms with Gasteiger partial charge in [-0.3, -0.25) is 4.79 Å². The maximum atomic E-state index is 10.4. The molecule has 60 valence electrons. The lowest BCUT2D eigenvalue weighted by Crippen LogP contribution is -2.44. The lowest BCUT2D eigenvalue weighted by atomic mass is 9.90. The molecule has 10 heavy (non-hydrogen) atoms. The van der Waals surface area contributed by atoms with Gasteiger partial charge in [-0.05, 0) is 19.8 Å². The van der Waals surface area contributed by atoms with Crippen molar-refractivity contribution >= 4 is 6.41 Å². The minimum atomic E-state index is -0.0260. The van der Waals surface area contributed by atoms with Gasteiger partial charge in [-0.2, -0.15) is 0 Å². The van der Waals surface area contributed by atoms with E-state index in [-0.39, 0.29) is 5.54 Å². The van der Waals surface area contributed by atoms with Gasteiger partial charge in [0.05, 0.1) is 0 Å². The van der Waals surface area contributed by atoms with Crippen molar-refractivity contribution in [2.45, 2.75) is 33.2 Å². The van der Waals surface area contributed by atoms with Crippen molar-refractivity contribution in [3.63, 3.8) is 0 Å². The summed E-state index contributed by atoms with van der Waals surface area (Å²) in [5.74, 6) is 0.489. The molecule has 0 radical (unpaired) electrons. The first-order valence-corrected chi connectivity index (χ1v) is 3.61. The van der Waals surface area contributed by atoms with E-state index in [2.05, 4.69) is 27.7 Å². The fourth-order valence-electron chi connectivity index (χ4n) is 0.543. The van der Waals surface area contributed by atoms with Gasteiger partial charge in [0, 0.05) is 12.6 Å². The van der Waals surface area contributed by atoms with Crippen LogP contribution in [0.15, 0.2) is 0 Å². The van der Waals surface area contributed by atoms with Crippen molar-refractivity contribution in [1.82, 2.24) is 4.90 Å². The summed E-state index contributed by atoms with van der Waals surface area (Å²) in [6.07, 6.45) is 0.875. The normalized spacial score (nSPS) is 11.8. The van der Waals surface area contributed by atoms with Crippen LogP contribution in [0.2, 0.25) is 0 Å². The highest BCUT2D eigenvalue weighted by Crippen LogP contribution is 2.20. The van der Waals surface area contributed by atoms with Crippen LogP contribution in [0.1, 0.15) is 27.7 Å². The summed E-state index contributed by atoms with van der Waals surface area (Å²) in [5.41, 5.74) is -0.0260. The largest absolute Gasteiger partial charge is 0.343 e. The Balaban J connectivity index is 4.22. The lowest BCUT2D eigenvalue weighted by molar-refractivity contribution is -0.122. The Kier molecular flexibility index (Phi) is 2.88. The zero-order valence-corrected chi connectivity index (χ0v) is 7.51. The molecule has 0 N–H and O–H groups in total. The van der Waals surface area contributed by atoms with E-state index in [1.807, 2.05) is 7.05 Å². The van der Waals surface area contributed by atoms with Crippen LogP contribution < -0.4 is 0 Å². The minimum Gasteiger partial charge on any atom is -0.343 e. The van der Waals surface area contributed by atoms with E-state index in [1.165, 1.54) is 0 Å². The van der Waals surface area contributed by atoms with Gasteiger partial charge in [0.15, 0.2) is 0 Å². The molecular weight excluding hydrogens is 126 g/mol. The minimum absolute atomic E-state index is 0.0260. The van der Waals surface area contributed by atoms with Gasteiger partial charge in [0.2, 0.25) is 6.41 Å². The molecule has 0 unspecified atom stereocenters. The monoisotopic (exact) mass is 143 g/mol. The number of amides is 1. The molecule has 0 aliphatic carbocycles. The molecular formula is C8H17NO. The van der Waals surface area contributed by atoms with E-state index >= 15 is 0 Å². The van der Waals surface area contributed by atoms with Gasteiger partial charge in [-0.1, -0.05) is 13.8 Å². The summed E-state index contributed by atoms with van der Waals surface area (Å²) in [7, 11) is 1.81. The van der Waals surface area contributed by atoms with Gasteiger partial charge >= 0.3 is 0 Å². The van der Waals surface area contributed by atoms with Crippen molar-refractivity contribution < 1.29 is 4.79 Å². The summed E-state index contributed by atoms with van der Waals surface area (Å²) in [4.78, 5) is 12.1. The van der Waals surface area contributed by atoms with Gasteiger partial charge < -0.3 is 4.90 Å². The number of carbonyl (C=O) groups excluding carboxylic acids is 1. The molecule has 2 heteroatoms. The molecule has 1 amide bonds. The molecule has 0 atom stereocenters. The molecule has 2 nitrogen and oxygen atoms in total. The number of hydrogen-bond acceptors (Lipinski definition) is 1. The van der Waals surface area contributed by atoms with E-state index in [0.717, 1.165) is 6.41 Å². The fraction of sp³-hybridized carbons (Fsp3) is 0.875. The first-order valence-electron chi connectivity index (χ1n) is 3.61. The predicted octanol–water partition coefficient (Wildman–Crippen LogP) is 1.51. The fourth-order valence-corrected chi connectivity index (χ4v) is 0.543. The summed E-state index contributed by atoms with van der Waals surface area (Å²) < 4.78 is 0. The van der Waals surface area contributed by atoms with Crippen LogP contribution in [-0.2, 0) is 4.79 Å². The summed E-state index contributed by atoms with van der Waals surface area (Å²) in [6, 6.07) is 0. The first kappa shape index (κ1) is 9.47. The van der Waals surface area contributed by atoms with Crippen LogP contribution in [-0.4, -0.2) is 23.9 Å². The Morgan fingerprint density at radius 1 is 1.40 bits per heavy atom. The Labute approximate surface area is 63.2 Å². The zero-order chi connectivity index (χ0) is 8.36. The van der Waals surface area contributed by atoms with Crippen molar-refractivity contribution in [3.8, 4) is 0 Å². The predicted molar refractivity (Wildman–Crippen MR) is 42.7 cm³/mol. The van der Waals surface area contributed by atoms with Crippen LogP contribution >= 0.6 is 0 Å². The molecule has 0 bridgehead atoms. The van der Waals surface area contributed by atoms with Crippen molar-refractivity contribution in [3.05, 3.63) is 0 Å². The maximum Gasteiger partial charge on any atom is 0.209 e. The van der Waals surface area contributed by atoms with E-state index in [1.54, 1.807) is 4.90 Å². The van der Waals surface area contributed by atoms with Crippen molar-refractivity contribution in [2.75, 3.05) is 7.05 Å². The third kappa shape index (κ3) is 1.72. The number of nitrogens with zero attached hydrogens (tertiary/aromatic N) is 1. The summed E-state index contributed by atoms with van der Waals surface area (Å²) in [6.45, 7) is 8.35. The second kappa shape index (κ2) is 3.04. The number of rotatable bonds is 3. The molecule has 0 aromatic heterocycles. The Morgan fingerprint density at radius 3 is 1.90 bits per heavy atom. The highest BCUT2D eigenvalue weighted by Gasteiger charge is 2.25. The SMILES string of the molecule is CC(C)C(C)(C)N(C)C=O. The second-order valence-electron chi connectivity index (χ2n) is 3.52. The second-order valence-corrected chi connectivity index (χ2v) is 3.52. The van der Waals surface area contributed by atoms with Gasteiger partial charge in [0.1, 0.15) is 0 Å². The van der Waals surface area contributed by atoms with Crippen LogP contribution in [0.4, 0.5) is 0 Å². The van der Waals surface area contributed by atoms with Gasteiger partial charge in [-0.25, -0.2) is 0 Å². The average Bonchev–Trinajstić information content (AvgIpc) is 1.86. The molecule has 0 spiro atoms. The van der Waals surface area contributed by atoms with Crippen LogP contribution in [0.3, 0.4) is 0 Å². The quantitative estimate of drug-likeness (QED) is 0.548. The van der Waals surface area contributed by atoms with Crippen LogP contribution in [0, 0.1) is 5.92 Å². The molecule has 0 rings (SSSR count). The highest BCUT2D eigenvalue weighted by atomic mass is 16.1. The average molecular weight is 143 g/mol. The third-order valence-corrected chi connectivity index (χ3v) is 2.48. The molecule has 0 aliphatic heterocycles. The lowest BCUT2D eigenvalue weighted by Gasteiger charge is -2.36. The molecule has 0 aromatic rings. The molecule has 0 aliphatic rings. The third-order valence-electron chi connectivity index (χ3n) is 2.48. The van der Waals surface area contributed by atoms with Crippen molar-refractivity contribution in [2.24, 2.45) is 5.92 Å². The Hall–Kier alpha value is -0.530. The number of hydrogen-bond donors (Lipinski definition) is 0. The first-order chi connectivity index (χ1) is 4.42. The molecule has 0 fully saturated rings. The standard InChI is InChI=1S/C8H17NO/c1-7(2)8(3,4)9(5)6-10/h6-7H,1-5H3. The molecule has 0 saturated carbocycles. The zero-order valence-electron chi connectivity index (χ0n) is 7.51. The Morgan fingerprint density at radius 2 is 1.80 bits per heavy atom. The van der Waals surface area contributed by atoms with E-state index < -0.39 is 0 Å².